The van der Waals surface area contributed by atoms with Gasteiger partial charge >= 0.3 is 0 Å². The van der Waals surface area contributed by atoms with Gasteiger partial charge in [-0.05, 0) is 43.9 Å². The van der Waals surface area contributed by atoms with Crippen LogP contribution in [-0.4, -0.2) is 41.4 Å². The summed E-state index contributed by atoms with van der Waals surface area (Å²) < 4.78 is 5.41. The van der Waals surface area contributed by atoms with Gasteiger partial charge in [-0.3, -0.25) is 10.1 Å². The number of aryl methyl sites for hydroxylation is 1. The summed E-state index contributed by atoms with van der Waals surface area (Å²) in [6.07, 6.45) is 3.32. The molecule has 1 aromatic heterocycles. The van der Waals surface area contributed by atoms with Crippen molar-refractivity contribution in [2.24, 2.45) is 0 Å². The van der Waals surface area contributed by atoms with Gasteiger partial charge in [0.1, 0.15) is 5.01 Å². The number of anilines is 1. The van der Waals surface area contributed by atoms with Crippen LogP contribution in [0.25, 0.3) is 0 Å². The van der Waals surface area contributed by atoms with Crippen molar-refractivity contribution in [3.05, 3.63) is 40.4 Å². The highest BCUT2D eigenvalue weighted by Gasteiger charge is 2.39. The molecule has 0 bridgehead atoms. The molecule has 6 nitrogen and oxygen atoms in total. The lowest BCUT2D eigenvalue weighted by molar-refractivity contribution is 0.0774. The average Bonchev–Trinajstić information content (AvgIpc) is 3.28. The van der Waals surface area contributed by atoms with Gasteiger partial charge in [-0.15, -0.1) is 35.0 Å². The summed E-state index contributed by atoms with van der Waals surface area (Å²) >= 11 is 1.38. The third kappa shape index (κ3) is 5.62. The molecular weight excluding hydrogens is 407 g/mol. The highest BCUT2D eigenvalue weighted by atomic mass is 35.5. The minimum Gasteiger partial charge on any atom is -0.381 e. The molecule has 0 spiro atoms. The number of benzene rings is 1. The Labute approximate surface area is 175 Å². The summed E-state index contributed by atoms with van der Waals surface area (Å²) in [6.45, 7) is 3.58. The topological polar surface area (TPSA) is 76.1 Å². The molecule has 1 saturated heterocycles. The van der Waals surface area contributed by atoms with Gasteiger partial charge in [-0.1, -0.05) is 23.5 Å². The van der Waals surface area contributed by atoms with Crippen LogP contribution in [0, 0.1) is 6.92 Å². The molecule has 1 aliphatic carbocycles. The van der Waals surface area contributed by atoms with Gasteiger partial charge in [0.25, 0.3) is 5.91 Å². The van der Waals surface area contributed by atoms with Crippen LogP contribution in [0.5, 0.6) is 0 Å². The Hall–Kier alpha value is -1.25. The molecule has 148 valence electrons. The van der Waals surface area contributed by atoms with Crippen molar-refractivity contribution >= 4 is 47.2 Å². The average molecular weight is 431 g/mol. The summed E-state index contributed by atoms with van der Waals surface area (Å²) in [4.78, 5) is 12.4. The van der Waals surface area contributed by atoms with Crippen LogP contribution < -0.4 is 10.6 Å². The van der Waals surface area contributed by atoms with Crippen molar-refractivity contribution in [2.45, 2.75) is 44.2 Å². The van der Waals surface area contributed by atoms with Crippen LogP contribution in [0.15, 0.2) is 24.3 Å². The van der Waals surface area contributed by atoms with Gasteiger partial charge in [0.2, 0.25) is 5.13 Å². The normalized spacial score (nSPS) is 21.7. The number of amides is 1. The van der Waals surface area contributed by atoms with E-state index in [2.05, 4.69) is 26.9 Å². The maximum Gasteiger partial charge on any atom is 0.257 e. The molecule has 27 heavy (non-hydrogen) atoms. The van der Waals surface area contributed by atoms with Crippen LogP contribution >= 0.6 is 36.2 Å². The fourth-order valence-electron chi connectivity index (χ4n) is 3.34. The quantitative estimate of drug-likeness (QED) is 0.757. The highest BCUT2D eigenvalue weighted by Crippen LogP contribution is 2.41. The van der Waals surface area contributed by atoms with Gasteiger partial charge in [-0.25, -0.2) is 0 Å². The first-order valence-electron chi connectivity index (χ1n) is 8.74. The van der Waals surface area contributed by atoms with Gasteiger partial charge < -0.3 is 10.1 Å². The predicted molar refractivity (Wildman–Crippen MR) is 112 cm³/mol. The molecule has 2 atom stereocenters. The number of nitrogens with one attached hydrogen (secondary N) is 2. The summed E-state index contributed by atoms with van der Waals surface area (Å²) in [5.41, 5.74) is 1.90. The van der Waals surface area contributed by atoms with E-state index in [9.17, 15) is 4.79 Å². The summed E-state index contributed by atoms with van der Waals surface area (Å²) in [5.74, 6) is 0.368. The van der Waals surface area contributed by atoms with E-state index in [4.69, 9.17) is 4.74 Å². The summed E-state index contributed by atoms with van der Waals surface area (Å²) in [7, 11) is 0. The zero-order valence-electron chi connectivity index (χ0n) is 15.0. The van der Waals surface area contributed by atoms with E-state index in [-0.39, 0.29) is 30.7 Å². The van der Waals surface area contributed by atoms with Gasteiger partial charge in [0.05, 0.1) is 0 Å². The first kappa shape index (κ1) is 22.0. The number of ether oxygens (including phenoxy) is 1. The molecule has 1 aromatic carbocycles. The van der Waals surface area contributed by atoms with Gasteiger partial charge in [0, 0.05) is 36.8 Å². The van der Waals surface area contributed by atoms with E-state index in [0.29, 0.717) is 28.7 Å². The maximum atomic E-state index is 12.4. The van der Waals surface area contributed by atoms with Crippen LogP contribution in [0.2, 0.25) is 0 Å². The third-order valence-electron chi connectivity index (χ3n) is 4.78. The Morgan fingerprint density at radius 3 is 2.70 bits per heavy atom. The number of carbonyl (C=O) groups is 1. The molecule has 2 heterocycles. The lowest BCUT2D eigenvalue weighted by atomic mass is 10.1. The predicted octanol–water partition coefficient (Wildman–Crippen LogP) is 3.57. The second kappa shape index (κ2) is 9.80. The molecule has 2 fully saturated rings. The minimum atomic E-state index is -0.132. The second-order valence-electron chi connectivity index (χ2n) is 6.71. The Morgan fingerprint density at radius 1 is 1.22 bits per heavy atom. The first-order valence-corrected chi connectivity index (χ1v) is 9.56. The van der Waals surface area contributed by atoms with E-state index in [1.807, 2.05) is 25.1 Å². The van der Waals surface area contributed by atoms with Crippen molar-refractivity contribution < 1.29 is 9.53 Å². The molecule has 4 rings (SSSR count). The van der Waals surface area contributed by atoms with Crippen LogP contribution in [0.3, 0.4) is 0 Å². The van der Waals surface area contributed by atoms with Crippen LogP contribution in [0.4, 0.5) is 5.13 Å². The lowest BCUT2D eigenvalue weighted by Gasteiger charge is -2.23. The van der Waals surface area contributed by atoms with E-state index in [1.54, 1.807) is 0 Å². The second-order valence-corrected chi connectivity index (χ2v) is 7.89. The smallest absolute Gasteiger partial charge is 0.257 e. The summed E-state index contributed by atoms with van der Waals surface area (Å²) in [5, 5.41) is 15.8. The fourth-order valence-corrected chi connectivity index (χ4v) is 3.93. The third-order valence-corrected chi connectivity index (χ3v) is 5.54. The standard InChI is InChI=1S/C18H22N4O2S.2ClH/c1-11-21-22-18(25-11)20-17(23)13-4-2-3-12(9-13)15-10-16(15)19-14-5-7-24-8-6-14;;/h2-4,9,14-16,19H,5-8,10H2,1H3,(H,20,22,23);2*1H. The maximum absolute atomic E-state index is 12.4. The number of hydrogen-bond acceptors (Lipinski definition) is 6. The van der Waals surface area contributed by atoms with E-state index in [1.165, 1.54) is 16.9 Å². The molecule has 0 radical (unpaired) electrons. The number of hydrogen-bond donors (Lipinski definition) is 2. The number of halogens is 2. The van der Waals surface area contributed by atoms with Gasteiger partial charge in [-0.2, -0.15) is 0 Å². The Bertz CT molecular complexity index is 767. The zero-order valence-corrected chi connectivity index (χ0v) is 17.5. The van der Waals surface area contributed by atoms with Crippen LogP contribution in [-0.2, 0) is 4.74 Å². The molecule has 1 aliphatic heterocycles. The van der Waals surface area contributed by atoms with Crippen molar-refractivity contribution in [2.75, 3.05) is 18.5 Å². The van der Waals surface area contributed by atoms with E-state index >= 15 is 0 Å². The number of carbonyl (C=O) groups excluding carboxylic acids is 1. The van der Waals surface area contributed by atoms with E-state index in [0.717, 1.165) is 37.5 Å². The molecule has 9 heteroatoms. The molecule has 2 unspecified atom stereocenters. The van der Waals surface area contributed by atoms with Crippen LogP contribution in [0.1, 0.15) is 46.1 Å². The SMILES string of the molecule is Cc1nnc(NC(=O)c2cccc(C3CC3NC3CCOCC3)c2)s1.Cl.Cl. The Morgan fingerprint density at radius 2 is 2.00 bits per heavy atom. The number of nitrogens with zero attached hydrogens (tertiary/aromatic N) is 2. The first-order chi connectivity index (χ1) is 12.2. The van der Waals surface area contributed by atoms with Crippen molar-refractivity contribution in [1.82, 2.24) is 15.5 Å². The molecule has 2 N–H and O–H groups in total. The largest absolute Gasteiger partial charge is 0.381 e. The summed E-state index contributed by atoms with van der Waals surface area (Å²) in [6, 6.07) is 9.00. The molecule has 1 amide bonds. The van der Waals surface area contributed by atoms with Crippen molar-refractivity contribution in [1.29, 1.82) is 0 Å². The zero-order chi connectivity index (χ0) is 17.2. The Kier molecular flexibility index (Phi) is 8.00. The molecule has 2 aliphatic rings. The molecule has 1 saturated carbocycles. The monoisotopic (exact) mass is 430 g/mol. The lowest BCUT2D eigenvalue weighted by Crippen LogP contribution is -2.36. The highest BCUT2D eigenvalue weighted by molar-refractivity contribution is 7.15. The van der Waals surface area contributed by atoms with Gasteiger partial charge in [0.15, 0.2) is 0 Å². The number of rotatable bonds is 5. The number of aromatic nitrogens is 2. The molecular formula is C18H24Cl2N4O2S. The van der Waals surface area contributed by atoms with E-state index < -0.39 is 0 Å². The Balaban J connectivity index is 0.00000131. The minimum absolute atomic E-state index is 0. The fraction of sp³-hybridized carbons (Fsp3) is 0.500. The van der Waals surface area contributed by atoms with Crippen molar-refractivity contribution in [3.8, 4) is 0 Å². The van der Waals surface area contributed by atoms with Crippen molar-refractivity contribution in [3.63, 3.8) is 0 Å². The molecule has 2 aromatic rings.